The molecule has 1 aromatic carbocycles. The van der Waals surface area contributed by atoms with Crippen molar-refractivity contribution >= 4 is 0 Å². The molecule has 1 unspecified atom stereocenters. The highest BCUT2D eigenvalue weighted by molar-refractivity contribution is 5.32. The van der Waals surface area contributed by atoms with Crippen LogP contribution in [0.3, 0.4) is 0 Å². The van der Waals surface area contributed by atoms with E-state index in [9.17, 15) is 5.11 Å². The van der Waals surface area contributed by atoms with Gasteiger partial charge in [-0.25, -0.2) is 0 Å². The van der Waals surface area contributed by atoms with Crippen LogP contribution in [0, 0.1) is 6.92 Å². The molecule has 4 heteroatoms. The molecule has 1 N–H and O–H groups in total. The fourth-order valence-corrected chi connectivity index (χ4v) is 2.32. The van der Waals surface area contributed by atoms with Crippen LogP contribution in [0.2, 0.25) is 0 Å². The van der Waals surface area contributed by atoms with Crippen molar-refractivity contribution in [3.63, 3.8) is 0 Å². The highest BCUT2D eigenvalue weighted by atomic mass is 16.5. The zero-order chi connectivity index (χ0) is 14.1. The third kappa shape index (κ3) is 2.70. The van der Waals surface area contributed by atoms with Gasteiger partial charge in [0.25, 0.3) is 0 Å². The summed E-state index contributed by atoms with van der Waals surface area (Å²) in [6.45, 7) is 4.72. The first kappa shape index (κ1) is 13.2. The summed E-state index contributed by atoms with van der Waals surface area (Å²) in [5, 5.41) is 14.9. The van der Waals surface area contributed by atoms with E-state index in [4.69, 9.17) is 4.74 Å². The Morgan fingerprint density at radius 3 is 2.65 bits per heavy atom. The predicted molar refractivity (Wildman–Crippen MR) is 76.8 cm³/mol. The SMILES string of the molecule is CCn1nc(C)cc1C(O)c1ccc(OC2CC2)cc1. The maximum absolute atomic E-state index is 10.5. The maximum Gasteiger partial charge on any atom is 0.121 e. The van der Waals surface area contributed by atoms with Crippen molar-refractivity contribution in [2.24, 2.45) is 0 Å². The molecule has 4 nitrogen and oxygen atoms in total. The first-order valence-electron chi connectivity index (χ1n) is 7.16. The lowest BCUT2D eigenvalue weighted by Crippen LogP contribution is -2.09. The van der Waals surface area contributed by atoms with Gasteiger partial charge in [-0.2, -0.15) is 5.10 Å². The fraction of sp³-hybridized carbons (Fsp3) is 0.438. The minimum Gasteiger partial charge on any atom is -0.490 e. The molecule has 1 saturated carbocycles. The zero-order valence-electron chi connectivity index (χ0n) is 11.9. The molecule has 0 radical (unpaired) electrons. The topological polar surface area (TPSA) is 47.3 Å². The third-order valence-corrected chi connectivity index (χ3v) is 3.54. The number of aliphatic hydroxyl groups excluding tert-OH is 1. The van der Waals surface area contributed by atoms with Gasteiger partial charge in [-0.3, -0.25) is 4.68 Å². The van der Waals surface area contributed by atoms with Crippen LogP contribution in [0.15, 0.2) is 30.3 Å². The number of aliphatic hydroxyl groups is 1. The van der Waals surface area contributed by atoms with Gasteiger partial charge in [0.2, 0.25) is 0 Å². The number of benzene rings is 1. The van der Waals surface area contributed by atoms with E-state index in [0.717, 1.165) is 42.1 Å². The normalized spacial score (nSPS) is 16.1. The number of aryl methyl sites for hydroxylation is 2. The molecule has 1 atom stereocenters. The second-order valence-electron chi connectivity index (χ2n) is 5.32. The van der Waals surface area contributed by atoms with Crippen LogP contribution in [0.1, 0.15) is 42.8 Å². The van der Waals surface area contributed by atoms with E-state index in [1.807, 2.05) is 48.9 Å². The molecular weight excluding hydrogens is 252 g/mol. The highest BCUT2D eigenvalue weighted by Crippen LogP contribution is 2.29. The van der Waals surface area contributed by atoms with Gasteiger partial charge in [0, 0.05) is 6.54 Å². The summed E-state index contributed by atoms with van der Waals surface area (Å²) >= 11 is 0. The van der Waals surface area contributed by atoms with E-state index in [0.29, 0.717) is 6.10 Å². The molecule has 1 heterocycles. The standard InChI is InChI=1S/C16H20N2O2/c1-3-18-15(10-11(2)17-18)16(19)12-4-6-13(7-5-12)20-14-8-9-14/h4-7,10,14,16,19H,3,8-9H2,1-2H3. The third-order valence-electron chi connectivity index (χ3n) is 3.54. The van der Waals surface area contributed by atoms with Crippen molar-refractivity contribution < 1.29 is 9.84 Å². The molecule has 0 amide bonds. The fourth-order valence-electron chi connectivity index (χ4n) is 2.32. The van der Waals surface area contributed by atoms with Crippen molar-refractivity contribution in [2.75, 3.05) is 0 Å². The second-order valence-corrected chi connectivity index (χ2v) is 5.32. The number of rotatable bonds is 5. The Hall–Kier alpha value is -1.81. The van der Waals surface area contributed by atoms with Crippen LogP contribution < -0.4 is 4.74 Å². The Morgan fingerprint density at radius 2 is 2.05 bits per heavy atom. The summed E-state index contributed by atoms with van der Waals surface area (Å²) in [6.07, 6.45) is 2.06. The molecule has 1 aliphatic carbocycles. The Bertz CT molecular complexity index is 585. The largest absolute Gasteiger partial charge is 0.490 e. The summed E-state index contributed by atoms with van der Waals surface area (Å²) in [6, 6.07) is 9.63. The first-order valence-corrected chi connectivity index (χ1v) is 7.16. The minimum absolute atomic E-state index is 0.398. The quantitative estimate of drug-likeness (QED) is 0.910. The van der Waals surface area contributed by atoms with E-state index < -0.39 is 6.10 Å². The molecule has 20 heavy (non-hydrogen) atoms. The molecule has 0 spiro atoms. The average Bonchev–Trinajstić information content (AvgIpc) is 3.19. The van der Waals surface area contributed by atoms with Gasteiger partial charge < -0.3 is 9.84 Å². The van der Waals surface area contributed by atoms with E-state index in [-0.39, 0.29) is 0 Å². The van der Waals surface area contributed by atoms with Crippen LogP contribution in [0.5, 0.6) is 5.75 Å². The molecule has 2 aromatic rings. The number of hydrogen-bond donors (Lipinski definition) is 1. The second kappa shape index (κ2) is 5.29. The summed E-state index contributed by atoms with van der Waals surface area (Å²) < 4.78 is 7.56. The molecule has 1 aliphatic rings. The van der Waals surface area contributed by atoms with Crippen LogP contribution >= 0.6 is 0 Å². The zero-order valence-corrected chi connectivity index (χ0v) is 11.9. The average molecular weight is 272 g/mol. The van der Waals surface area contributed by atoms with Gasteiger partial charge in [0.15, 0.2) is 0 Å². The maximum atomic E-state index is 10.5. The van der Waals surface area contributed by atoms with Gasteiger partial charge in [0.05, 0.1) is 17.5 Å². The lowest BCUT2D eigenvalue weighted by Gasteiger charge is -2.13. The lowest BCUT2D eigenvalue weighted by molar-refractivity contribution is 0.208. The molecule has 106 valence electrons. The summed E-state index contributed by atoms with van der Waals surface area (Å²) in [5.41, 5.74) is 2.62. The lowest BCUT2D eigenvalue weighted by atomic mass is 10.1. The van der Waals surface area contributed by atoms with Crippen molar-refractivity contribution in [3.05, 3.63) is 47.3 Å². The Morgan fingerprint density at radius 1 is 1.35 bits per heavy atom. The number of nitrogens with zero attached hydrogens (tertiary/aromatic N) is 2. The summed E-state index contributed by atoms with van der Waals surface area (Å²) in [5.74, 6) is 0.878. The van der Waals surface area contributed by atoms with E-state index in [1.54, 1.807) is 0 Å². The van der Waals surface area contributed by atoms with E-state index in [2.05, 4.69) is 5.10 Å². The Balaban J connectivity index is 1.79. The predicted octanol–water partition coefficient (Wildman–Crippen LogP) is 2.83. The molecule has 1 aromatic heterocycles. The van der Waals surface area contributed by atoms with Crippen LogP contribution in [0.4, 0.5) is 0 Å². The molecule has 1 fully saturated rings. The first-order chi connectivity index (χ1) is 9.67. The van der Waals surface area contributed by atoms with E-state index in [1.165, 1.54) is 0 Å². The molecular formula is C16H20N2O2. The van der Waals surface area contributed by atoms with Gasteiger partial charge in [0.1, 0.15) is 11.9 Å². The van der Waals surface area contributed by atoms with Crippen LogP contribution in [-0.2, 0) is 6.54 Å². The Labute approximate surface area is 119 Å². The molecule has 0 aliphatic heterocycles. The minimum atomic E-state index is -0.647. The van der Waals surface area contributed by atoms with Gasteiger partial charge in [-0.05, 0) is 50.5 Å². The van der Waals surface area contributed by atoms with Crippen molar-refractivity contribution in [1.29, 1.82) is 0 Å². The van der Waals surface area contributed by atoms with E-state index >= 15 is 0 Å². The molecule has 0 bridgehead atoms. The number of aromatic nitrogens is 2. The Kier molecular flexibility index (Phi) is 3.49. The van der Waals surface area contributed by atoms with Crippen molar-refractivity contribution in [1.82, 2.24) is 9.78 Å². The molecule has 3 rings (SSSR count). The smallest absolute Gasteiger partial charge is 0.121 e. The van der Waals surface area contributed by atoms with Gasteiger partial charge in [-0.15, -0.1) is 0 Å². The van der Waals surface area contributed by atoms with Crippen LogP contribution in [0.25, 0.3) is 0 Å². The van der Waals surface area contributed by atoms with Crippen LogP contribution in [-0.4, -0.2) is 21.0 Å². The van der Waals surface area contributed by atoms with Gasteiger partial charge >= 0.3 is 0 Å². The number of hydrogen-bond acceptors (Lipinski definition) is 3. The van der Waals surface area contributed by atoms with Crippen molar-refractivity contribution in [3.8, 4) is 5.75 Å². The van der Waals surface area contributed by atoms with Gasteiger partial charge in [-0.1, -0.05) is 12.1 Å². The summed E-state index contributed by atoms with van der Waals surface area (Å²) in [4.78, 5) is 0. The molecule has 0 saturated heterocycles. The summed E-state index contributed by atoms with van der Waals surface area (Å²) in [7, 11) is 0. The van der Waals surface area contributed by atoms with Crippen molar-refractivity contribution in [2.45, 2.75) is 45.4 Å². The monoisotopic (exact) mass is 272 g/mol. The number of ether oxygens (including phenoxy) is 1. The highest BCUT2D eigenvalue weighted by Gasteiger charge is 2.23.